The zero-order valence-electron chi connectivity index (χ0n) is 16.6. The number of carbonyl (C=O) groups is 2. The second-order valence-electron chi connectivity index (χ2n) is 7.48. The number of carbonyl (C=O) groups excluding carboxylic acids is 2. The van der Waals surface area contributed by atoms with Gasteiger partial charge in [0.05, 0.1) is 13.2 Å². The molecule has 29 heavy (non-hydrogen) atoms. The maximum absolute atomic E-state index is 13.1. The van der Waals surface area contributed by atoms with Gasteiger partial charge in [-0.1, -0.05) is 24.3 Å². The average molecular weight is 393 g/mol. The molecule has 2 heterocycles. The van der Waals surface area contributed by atoms with Crippen molar-refractivity contribution in [1.82, 2.24) is 10.2 Å². The molecule has 0 aliphatic carbocycles. The van der Waals surface area contributed by atoms with Gasteiger partial charge in [-0.25, -0.2) is 0 Å². The van der Waals surface area contributed by atoms with E-state index in [-0.39, 0.29) is 11.8 Å². The third-order valence-corrected chi connectivity index (χ3v) is 5.54. The summed E-state index contributed by atoms with van der Waals surface area (Å²) in [5.41, 5.74) is 3.24. The van der Waals surface area contributed by atoms with Gasteiger partial charge in [0.2, 0.25) is 0 Å². The van der Waals surface area contributed by atoms with E-state index >= 15 is 0 Å². The van der Waals surface area contributed by atoms with Crippen LogP contribution in [0, 0.1) is 0 Å². The minimum Gasteiger partial charge on any atom is -0.379 e. The van der Waals surface area contributed by atoms with Crippen LogP contribution in [-0.4, -0.2) is 62.7 Å². The van der Waals surface area contributed by atoms with E-state index < -0.39 is 0 Å². The lowest BCUT2D eigenvalue weighted by Crippen LogP contribution is -2.41. The topological polar surface area (TPSA) is 61.9 Å². The summed E-state index contributed by atoms with van der Waals surface area (Å²) in [6.45, 7) is 5.38. The molecule has 0 atom stereocenters. The van der Waals surface area contributed by atoms with Crippen molar-refractivity contribution in [1.29, 1.82) is 0 Å². The zero-order chi connectivity index (χ0) is 20.1. The van der Waals surface area contributed by atoms with Gasteiger partial charge >= 0.3 is 0 Å². The molecule has 6 nitrogen and oxygen atoms in total. The molecule has 2 aromatic rings. The Balaban J connectivity index is 1.40. The lowest BCUT2D eigenvalue weighted by Gasteiger charge is -2.29. The predicted molar refractivity (Wildman–Crippen MR) is 112 cm³/mol. The highest BCUT2D eigenvalue weighted by molar-refractivity contribution is 6.08. The number of benzene rings is 2. The normalized spacial score (nSPS) is 16.9. The Bertz CT molecular complexity index is 877. The number of fused-ring (bicyclic) bond motifs is 1. The Morgan fingerprint density at radius 2 is 1.76 bits per heavy atom. The van der Waals surface area contributed by atoms with Gasteiger partial charge in [-0.05, 0) is 42.7 Å². The number of nitrogens with zero attached hydrogens (tertiary/aromatic N) is 2. The van der Waals surface area contributed by atoms with Gasteiger partial charge in [0.1, 0.15) is 0 Å². The first-order chi connectivity index (χ1) is 14.2. The van der Waals surface area contributed by atoms with Gasteiger partial charge in [-0.2, -0.15) is 0 Å². The van der Waals surface area contributed by atoms with E-state index in [9.17, 15) is 9.59 Å². The van der Waals surface area contributed by atoms with Gasteiger partial charge in [0.25, 0.3) is 11.8 Å². The number of hydrogen-bond donors (Lipinski definition) is 1. The van der Waals surface area contributed by atoms with E-state index in [1.165, 1.54) is 5.56 Å². The molecule has 0 bridgehead atoms. The molecule has 152 valence electrons. The fourth-order valence-electron chi connectivity index (χ4n) is 3.95. The number of nitrogens with one attached hydrogen (secondary N) is 1. The molecule has 0 radical (unpaired) electrons. The van der Waals surface area contributed by atoms with Crippen LogP contribution in [0.1, 0.15) is 32.7 Å². The summed E-state index contributed by atoms with van der Waals surface area (Å²) < 4.78 is 5.34. The Kier molecular flexibility index (Phi) is 6.22. The molecule has 0 aromatic heterocycles. The first-order valence-electron chi connectivity index (χ1n) is 10.3. The number of anilines is 1. The van der Waals surface area contributed by atoms with Gasteiger partial charge in [-0.3, -0.25) is 14.5 Å². The van der Waals surface area contributed by atoms with Crippen LogP contribution in [0.5, 0.6) is 0 Å². The molecule has 2 aliphatic rings. The lowest BCUT2D eigenvalue weighted by molar-refractivity contribution is 0.0383. The van der Waals surface area contributed by atoms with Crippen LogP contribution in [0.3, 0.4) is 0 Å². The number of aryl methyl sites for hydroxylation is 1. The van der Waals surface area contributed by atoms with Crippen molar-refractivity contribution in [3.8, 4) is 0 Å². The number of rotatable bonds is 5. The van der Waals surface area contributed by atoms with Gasteiger partial charge in [0.15, 0.2) is 0 Å². The first kappa shape index (κ1) is 19.6. The highest BCUT2D eigenvalue weighted by Crippen LogP contribution is 2.28. The molecular formula is C23H27N3O3. The quantitative estimate of drug-likeness (QED) is 0.847. The number of hydrogen-bond acceptors (Lipinski definition) is 4. The molecule has 0 saturated carbocycles. The van der Waals surface area contributed by atoms with E-state index in [2.05, 4.69) is 16.3 Å². The monoisotopic (exact) mass is 393 g/mol. The molecule has 2 amide bonds. The standard InChI is InChI=1S/C23H27N3O3/c27-22(24-10-12-25-13-15-29-16-14-25)19-6-3-7-20(17-19)23(28)26-11-4-8-18-5-1-2-9-21(18)26/h1-3,5-7,9,17H,4,8,10-16H2,(H,24,27). The van der Waals surface area contributed by atoms with Crippen LogP contribution in [-0.2, 0) is 11.2 Å². The van der Waals surface area contributed by atoms with Gasteiger partial charge < -0.3 is 15.0 Å². The Labute approximate surface area is 171 Å². The van der Waals surface area contributed by atoms with Crippen molar-refractivity contribution < 1.29 is 14.3 Å². The molecule has 2 aromatic carbocycles. The van der Waals surface area contributed by atoms with Crippen molar-refractivity contribution in [3.05, 3.63) is 65.2 Å². The zero-order valence-corrected chi connectivity index (χ0v) is 16.6. The van der Waals surface area contributed by atoms with E-state index in [0.717, 1.165) is 51.4 Å². The molecule has 0 unspecified atom stereocenters. The highest BCUT2D eigenvalue weighted by atomic mass is 16.5. The van der Waals surface area contributed by atoms with Crippen LogP contribution in [0.2, 0.25) is 0 Å². The van der Waals surface area contributed by atoms with E-state index in [1.807, 2.05) is 23.1 Å². The summed E-state index contributed by atoms with van der Waals surface area (Å²) >= 11 is 0. The maximum Gasteiger partial charge on any atom is 0.258 e. The predicted octanol–water partition coefficient (Wildman–Crippen LogP) is 2.34. The fraction of sp³-hybridized carbons (Fsp3) is 0.391. The van der Waals surface area contributed by atoms with Gasteiger partial charge in [0, 0.05) is 49.5 Å². The van der Waals surface area contributed by atoms with Crippen LogP contribution in [0.4, 0.5) is 5.69 Å². The first-order valence-corrected chi connectivity index (χ1v) is 10.3. The number of morpholine rings is 1. The van der Waals surface area contributed by atoms with Crippen LogP contribution >= 0.6 is 0 Å². The SMILES string of the molecule is O=C(NCCN1CCOCC1)c1cccc(C(=O)N2CCCc3ccccc32)c1. The third kappa shape index (κ3) is 4.66. The Hall–Kier alpha value is -2.70. The third-order valence-electron chi connectivity index (χ3n) is 5.54. The van der Waals surface area contributed by atoms with Crippen LogP contribution in [0.25, 0.3) is 0 Å². The van der Waals surface area contributed by atoms with Crippen molar-refractivity contribution in [2.45, 2.75) is 12.8 Å². The van der Waals surface area contributed by atoms with E-state index in [4.69, 9.17) is 4.74 Å². The highest BCUT2D eigenvalue weighted by Gasteiger charge is 2.23. The van der Waals surface area contributed by atoms with E-state index in [1.54, 1.807) is 24.3 Å². The summed E-state index contributed by atoms with van der Waals surface area (Å²) in [4.78, 5) is 29.8. The second kappa shape index (κ2) is 9.20. The van der Waals surface area contributed by atoms with Crippen molar-refractivity contribution >= 4 is 17.5 Å². The minimum absolute atomic E-state index is 0.0554. The number of amides is 2. The molecule has 1 N–H and O–H groups in total. The summed E-state index contributed by atoms with van der Waals surface area (Å²) in [5, 5.41) is 2.96. The van der Waals surface area contributed by atoms with Crippen molar-refractivity contribution in [2.75, 3.05) is 50.8 Å². The maximum atomic E-state index is 13.1. The molecule has 0 spiro atoms. The summed E-state index contributed by atoms with van der Waals surface area (Å²) in [7, 11) is 0. The smallest absolute Gasteiger partial charge is 0.258 e. The number of ether oxygens (including phenoxy) is 1. The molecular weight excluding hydrogens is 366 g/mol. The van der Waals surface area contributed by atoms with Crippen molar-refractivity contribution in [2.24, 2.45) is 0 Å². The van der Waals surface area contributed by atoms with Crippen LogP contribution < -0.4 is 10.2 Å². The lowest BCUT2D eigenvalue weighted by atomic mass is 10.0. The molecule has 2 aliphatic heterocycles. The number of para-hydroxylation sites is 1. The minimum atomic E-state index is -0.146. The fourth-order valence-corrected chi connectivity index (χ4v) is 3.95. The Morgan fingerprint density at radius 3 is 2.62 bits per heavy atom. The summed E-state index contributed by atoms with van der Waals surface area (Å²) in [6.07, 6.45) is 1.94. The molecule has 1 fully saturated rings. The Morgan fingerprint density at radius 1 is 0.966 bits per heavy atom. The molecule has 1 saturated heterocycles. The van der Waals surface area contributed by atoms with Crippen LogP contribution in [0.15, 0.2) is 48.5 Å². The average Bonchev–Trinajstić information content (AvgIpc) is 2.79. The van der Waals surface area contributed by atoms with Crippen molar-refractivity contribution in [3.63, 3.8) is 0 Å². The molecule has 4 rings (SSSR count). The summed E-state index contributed by atoms with van der Waals surface area (Å²) in [6, 6.07) is 15.1. The van der Waals surface area contributed by atoms with Gasteiger partial charge in [-0.15, -0.1) is 0 Å². The summed E-state index contributed by atoms with van der Waals surface area (Å²) in [5.74, 6) is -0.202. The molecule has 6 heteroatoms. The largest absolute Gasteiger partial charge is 0.379 e. The second-order valence-corrected chi connectivity index (χ2v) is 7.48. The van der Waals surface area contributed by atoms with E-state index in [0.29, 0.717) is 24.2 Å².